The van der Waals surface area contributed by atoms with E-state index in [0.717, 1.165) is 38.0 Å². The molecule has 3 nitrogen and oxygen atoms in total. The van der Waals surface area contributed by atoms with Crippen LogP contribution in [-0.2, 0) is 10.0 Å². The van der Waals surface area contributed by atoms with Gasteiger partial charge >= 0.3 is 0 Å². The average Bonchev–Trinajstić information content (AvgIpc) is 2.42. The van der Waals surface area contributed by atoms with Gasteiger partial charge in [-0.3, -0.25) is 0 Å². The van der Waals surface area contributed by atoms with Crippen LogP contribution in [0.1, 0.15) is 39.5 Å². The largest absolute Gasteiger partial charge is 0.280 e. The van der Waals surface area contributed by atoms with E-state index in [1.807, 2.05) is 6.07 Å². The Morgan fingerprint density at radius 3 is 2.00 bits per heavy atom. The topological polar surface area (TPSA) is 46.5 Å². The highest BCUT2D eigenvalue weighted by Crippen LogP contribution is 2.32. The van der Waals surface area contributed by atoms with E-state index in [4.69, 9.17) is 0 Å². The first-order chi connectivity index (χ1) is 9.10. The van der Waals surface area contributed by atoms with Gasteiger partial charge in [0.2, 0.25) is 0 Å². The van der Waals surface area contributed by atoms with E-state index >= 15 is 0 Å². The van der Waals surface area contributed by atoms with E-state index < -0.39 is 17.7 Å². The SMILES string of the molecule is CCCC[PH](CCCC)=NS(=O)(=O)c1ccccc1. The van der Waals surface area contributed by atoms with Gasteiger partial charge in [0.15, 0.2) is 0 Å². The van der Waals surface area contributed by atoms with Gasteiger partial charge in [-0.05, 0) is 45.0 Å². The molecule has 0 saturated carbocycles. The minimum Gasteiger partial charge on any atom is -0.199 e. The minimum atomic E-state index is -3.45. The third kappa shape index (κ3) is 5.92. The highest BCUT2D eigenvalue weighted by molar-refractivity contribution is 7.92. The van der Waals surface area contributed by atoms with Crippen LogP contribution in [0.2, 0.25) is 0 Å². The maximum absolute atomic E-state index is 12.2. The molecule has 0 N–H and O–H groups in total. The van der Waals surface area contributed by atoms with Crippen molar-refractivity contribution in [3.8, 4) is 0 Å². The fourth-order valence-electron chi connectivity index (χ4n) is 1.79. The maximum atomic E-state index is 12.2. The van der Waals surface area contributed by atoms with Crippen molar-refractivity contribution in [2.45, 2.75) is 44.4 Å². The van der Waals surface area contributed by atoms with E-state index in [1.54, 1.807) is 24.3 Å². The molecule has 0 fully saturated rings. The summed E-state index contributed by atoms with van der Waals surface area (Å²) < 4.78 is 28.7. The van der Waals surface area contributed by atoms with Crippen molar-refractivity contribution < 1.29 is 8.42 Å². The smallest absolute Gasteiger partial charge is 0.199 e. The molecule has 108 valence electrons. The normalized spacial score (nSPS) is 11.7. The van der Waals surface area contributed by atoms with Crippen LogP contribution in [-0.4, -0.2) is 20.7 Å². The molecule has 1 aromatic carbocycles. The molecule has 0 bridgehead atoms. The second-order valence-corrected chi connectivity index (χ2v) is 8.94. The van der Waals surface area contributed by atoms with Crippen molar-refractivity contribution in [2.75, 3.05) is 12.3 Å². The lowest BCUT2D eigenvalue weighted by molar-refractivity contribution is 0.598. The molecule has 19 heavy (non-hydrogen) atoms. The highest BCUT2D eigenvalue weighted by Gasteiger charge is 2.12. The van der Waals surface area contributed by atoms with Gasteiger partial charge in [0.05, 0.1) is 4.90 Å². The molecule has 0 aliphatic heterocycles. The summed E-state index contributed by atoms with van der Waals surface area (Å²) in [4.78, 5) is 0.325. The van der Waals surface area contributed by atoms with Gasteiger partial charge < -0.3 is 0 Å². The molecule has 0 aliphatic rings. The Morgan fingerprint density at radius 1 is 1.00 bits per heavy atom. The Morgan fingerprint density at radius 2 is 1.53 bits per heavy atom. The average molecular weight is 301 g/mol. The zero-order valence-corrected chi connectivity index (χ0v) is 13.6. The molecule has 1 rings (SSSR count). The summed E-state index contributed by atoms with van der Waals surface area (Å²) in [7, 11) is -4.59. The number of unbranched alkanes of at least 4 members (excludes halogenated alkanes) is 2. The van der Waals surface area contributed by atoms with Gasteiger partial charge in [-0.25, -0.2) is 0 Å². The number of hydrogen-bond acceptors (Lipinski definition) is 2. The van der Waals surface area contributed by atoms with Gasteiger partial charge in [-0.15, -0.1) is 0 Å². The molecule has 0 amide bonds. The summed E-state index contributed by atoms with van der Waals surface area (Å²) in [5.41, 5.74) is 0. The fourth-order valence-corrected chi connectivity index (χ4v) is 6.58. The van der Waals surface area contributed by atoms with Crippen molar-refractivity contribution in [2.24, 2.45) is 4.15 Å². The lowest BCUT2D eigenvalue weighted by Gasteiger charge is -2.07. The third-order valence-corrected chi connectivity index (χ3v) is 7.65. The molecule has 0 heterocycles. The summed E-state index contributed by atoms with van der Waals surface area (Å²) in [5, 5.41) is 0. The first-order valence-corrected chi connectivity index (χ1v) is 10.3. The van der Waals surface area contributed by atoms with Gasteiger partial charge in [0, 0.05) is 0 Å². The summed E-state index contributed by atoms with van der Waals surface area (Å²) in [6.07, 6.45) is 6.28. The maximum Gasteiger partial charge on any atom is 0.280 e. The summed E-state index contributed by atoms with van der Waals surface area (Å²) >= 11 is 0. The fraction of sp³-hybridized carbons (Fsp3) is 0.571. The Bertz CT molecular complexity index is 487. The minimum absolute atomic E-state index is 0.325. The highest BCUT2D eigenvalue weighted by atomic mass is 32.2. The van der Waals surface area contributed by atoms with Crippen LogP contribution in [0, 0.1) is 0 Å². The molecule has 0 aromatic heterocycles. The summed E-state index contributed by atoms with van der Waals surface area (Å²) in [6.45, 7) is 4.26. The van der Waals surface area contributed by atoms with Crippen molar-refractivity contribution in [1.82, 2.24) is 0 Å². The second-order valence-electron chi connectivity index (χ2n) is 4.65. The van der Waals surface area contributed by atoms with E-state index in [0.29, 0.717) is 4.90 Å². The molecule has 5 heteroatoms. The molecule has 1 aromatic rings. The van der Waals surface area contributed by atoms with E-state index in [1.165, 1.54) is 0 Å². The molecule has 0 atom stereocenters. The van der Waals surface area contributed by atoms with Crippen LogP contribution in [0.15, 0.2) is 39.4 Å². The van der Waals surface area contributed by atoms with Crippen LogP contribution in [0.25, 0.3) is 0 Å². The van der Waals surface area contributed by atoms with Crippen molar-refractivity contribution in [1.29, 1.82) is 0 Å². The zero-order valence-electron chi connectivity index (χ0n) is 11.8. The van der Waals surface area contributed by atoms with E-state index in [-0.39, 0.29) is 0 Å². The molecule has 0 aliphatic carbocycles. The number of nitrogens with zero attached hydrogens (tertiary/aromatic N) is 1. The Labute approximate surface area is 118 Å². The Kier molecular flexibility index (Phi) is 7.40. The number of rotatable bonds is 8. The van der Waals surface area contributed by atoms with Gasteiger partial charge in [0.25, 0.3) is 10.0 Å². The van der Waals surface area contributed by atoms with Crippen LogP contribution in [0.3, 0.4) is 0 Å². The quantitative estimate of drug-likeness (QED) is 0.669. The predicted molar refractivity (Wildman–Crippen MR) is 83.9 cm³/mol. The number of sulfonamides is 1. The molecule has 0 saturated heterocycles. The van der Waals surface area contributed by atoms with Crippen molar-refractivity contribution >= 4 is 17.7 Å². The van der Waals surface area contributed by atoms with E-state index in [9.17, 15) is 8.42 Å². The van der Waals surface area contributed by atoms with Crippen LogP contribution in [0.5, 0.6) is 0 Å². The standard InChI is InChI=1S/C14H24NO2PS/c1-3-5-12-18(13-6-4-2)15-19(16,17)14-10-8-7-9-11-14/h7-11,18H,3-6,12-13H2,1-2H3. The molecular weight excluding hydrogens is 277 g/mol. The van der Waals surface area contributed by atoms with Gasteiger partial charge in [-0.1, -0.05) is 44.9 Å². The summed E-state index contributed by atoms with van der Waals surface area (Å²) in [6, 6.07) is 8.55. The Balaban J connectivity index is 2.92. The van der Waals surface area contributed by atoms with Gasteiger partial charge in [0.1, 0.15) is 0 Å². The molecule has 0 spiro atoms. The van der Waals surface area contributed by atoms with Gasteiger partial charge in [-0.2, -0.15) is 12.6 Å². The van der Waals surface area contributed by atoms with E-state index in [2.05, 4.69) is 18.0 Å². The monoisotopic (exact) mass is 301 g/mol. The number of hydrogen-bond donors (Lipinski definition) is 0. The molecule has 0 radical (unpaired) electrons. The molecular formula is C14H24NO2PS. The lowest BCUT2D eigenvalue weighted by Crippen LogP contribution is -1.96. The third-order valence-electron chi connectivity index (χ3n) is 2.93. The molecule has 0 unspecified atom stereocenters. The predicted octanol–water partition coefficient (Wildman–Crippen LogP) is 4.37. The second kappa shape index (κ2) is 8.55. The van der Waals surface area contributed by atoms with Crippen molar-refractivity contribution in [3.63, 3.8) is 0 Å². The zero-order chi connectivity index (χ0) is 14.1. The first-order valence-electron chi connectivity index (χ1n) is 6.98. The van der Waals surface area contributed by atoms with Crippen LogP contribution >= 0.6 is 7.71 Å². The lowest BCUT2D eigenvalue weighted by atomic mass is 10.4. The van der Waals surface area contributed by atoms with Crippen LogP contribution < -0.4 is 0 Å². The first kappa shape index (κ1) is 16.5. The van der Waals surface area contributed by atoms with Crippen LogP contribution in [0.4, 0.5) is 0 Å². The van der Waals surface area contributed by atoms with Crippen molar-refractivity contribution in [3.05, 3.63) is 30.3 Å². The Hall–Kier alpha value is -0.600. The number of benzene rings is 1. The summed E-state index contributed by atoms with van der Waals surface area (Å²) in [5.74, 6) is 0.